The third-order valence-electron chi connectivity index (χ3n) is 5.42. The van der Waals surface area contributed by atoms with Gasteiger partial charge in [0.2, 0.25) is 0 Å². The Balaban J connectivity index is 1.28. The molecule has 0 unspecified atom stereocenters. The van der Waals surface area contributed by atoms with E-state index in [2.05, 4.69) is 15.8 Å². The number of hydrogen-bond donors (Lipinski definition) is 2. The number of anilines is 1. The lowest BCUT2D eigenvalue weighted by molar-refractivity contribution is -0.136. The molecule has 9 nitrogen and oxygen atoms in total. The van der Waals surface area contributed by atoms with Crippen molar-refractivity contribution in [2.75, 3.05) is 31.6 Å². The molecule has 0 aliphatic carbocycles. The molecule has 1 aliphatic heterocycles. The Kier molecular flexibility index (Phi) is 8.39. The third-order valence-corrected chi connectivity index (χ3v) is 5.42. The van der Waals surface area contributed by atoms with Crippen LogP contribution in [0.1, 0.15) is 21.5 Å². The Labute approximate surface area is 208 Å². The fourth-order valence-corrected chi connectivity index (χ4v) is 3.50. The molecule has 1 heterocycles. The molecule has 1 fully saturated rings. The molecule has 3 amide bonds. The summed E-state index contributed by atoms with van der Waals surface area (Å²) in [5.74, 6) is -1.42. The van der Waals surface area contributed by atoms with E-state index in [0.717, 1.165) is 5.56 Å². The number of rotatable bonds is 7. The van der Waals surface area contributed by atoms with Crippen LogP contribution in [-0.2, 0) is 20.9 Å². The van der Waals surface area contributed by atoms with Crippen molar-refractivity contribution in [3.8, 4) is 5.75 Å². The summed E-state index contributed by atoms with van der Waals surface area (Å²) < 4.78 is 11.0. The second-order valence-corrected chi connectivity index (χ2v) is 7.95. The molecule has 1 saturated heterocycles. The average molecular weight is 487 g/mol. The number of hydrogen-bond acceptors (Lipinski definition) is 6. The molecule has 3 aromatic rings. The topological polar surface area (TPSA) is 109 Å². The van der Waals surface area contributed by atoms with Gasteiger partial charge in [0.1, 0.15) is 12.4 Å². The maximum atomic E-state index is 12.8. The van der Waals surface area contributed by atoms with Crippen molar-refractivity contribution < 1.29 is 23.9 Å². The first-order valence-electron chi connectivity index (χ1n) is 11.5. The van der Waals surface area contributed by atoms with Gasteiger partial charge in [0.25, 0.3) is 5.91 Å². The molecule has 0 bridgehead atoms. The predicted octanol–water partition coefficient (Wildman–Crippen LogP) is 2.83. The fourth-order valence-electron chi connectivity index (χ4n) is 3.50. The lowest BCUT2D eigenvalue weighted by atomic mass is 10.1. The van der Waals surface area contributed by atoms with Gasteiger partial charge in [-0.2, -0.15) is 5.10 Å². The molecule has 4 rings (SSSR count). The summed E-state index contributed by atoms with van der Waals surface area (Å²) in [7, 11) is 0. The standard InChI is InChI=1S/C27H26N4O5/c32-25(29-24-9-5-4-8-23(24)27(34)31-14-16-35-17-15-31)26(33)30-28-18-20-10-12-22(13-11-20)36-19-21-6-2-1-3-7-21/h1-13,18H,14-17,19H2,(H,29,32)(H,30,33)/b28-18+. The average Bonchev–Trinajstić information content (AvgIpc) is 2.93. The summed E-state index contributed by atoms with van der Waals surface area (Å²) >= 11 is 0. The lowest BCUT2D eigenvalue weighted by Crippen LogP contribution is -2.41. The van der Waals surface area contributed by atoms with Gasteiger partial charge in [-0.3, -0.25) is 14.4 Å². The molecular weight excluding hydrogens is 460 g/mol. The summed E-state index contributed by atoms with van der Waals surface area (Å²) in [5, 5.41) is 6.34. The summed E-state index contributed by atoms with van der Waals surface area (Å²) in [6.07, 6.45) is 1.42. The van der Waals surface area contributed by atoms with E-state index in [9.17, 15) is 14.4 Å². The predicted molar refractivity (Wildman–Crippen MR) is 135 cm³/mol. The minimum Gasteiger partial charge on any atom is -0.489 e. The number of hydrazone groups is 1. The molecule has 2 N–H and O–H groups in total. The lowest BCUT2D eigenvalue weighted by Gasteiger charge is -2.27. The molecule has 184 valence electrons. The van der Waals surface area contributed by atoms with E-state index in [-0.39, 0.29) is 11.6 Å². The van der Waals surface area contributed by atoms with Gasteiger partial charge >= 0.3 is 11.8 Å². The van der Waals surface area contributed by atoms with Crippen molar-refractivity contribution in [2.24, 2.45) is 5.10 Å². The molecule has 9 heteroatoms. The molecule has 3 aromatic carbocycles. The van der Waals surface area contributed by atoms with Crippen LogP contribution < -0.4 is 15.5 Å². The van der Waals surface area contributed by atoms with Crippen LogP contribution in [0.25, 0.3) is 0 Å². The summed E-state index contributed by atoms with van der Waals surface area (Å²) in [4.78, 5) is 39.1. The minimum absolute atomic E-state index is 0.233. The number of carbonyl (C=O) groups excluding carboxylic acids is 3. The highest BCUT2D eigenvalue weighted by atomic mass is 16.5. The van der Waals surface area contributed by atoms with E-state index in [4.69, 9.17) is 9.47 Å². The normalized spacial score (nSPS) is 13.3. The SMILES string of the molecule is O=C(N/N=C/c1ccc(OCc2ccccc2)cc1)C(=O)Nc1ccccc1C(=O)N1CCOCC1. The summed E-state index contributed by atoms with van der Waals surface area (Å²) in [5.41, 5.74) is 4.54. The number of benzene rings is 3. The van der Waals surface area contributed by atoms with Crippen LogP contribution in [-0.4, -0.2) is 55.1 Å². The van der Waals surface area contributed by atoms with Gasteiger partial charge in [0.05, 0.1) is 30.7 Å². The number of ether oxygens (including phenoxy) is 2. The molecule has 0 saturated carbocycles. The van der Waals surface area contributed by atoms with Gasteiger partial charge in [-0.05, 0) is 47.5 Å². The van der Waals surface area contributed by atoms with Gasteiger partial charge in [-0.25, -0.2) is 5.43 Å². The Hall–Kier alpha value is -4.50. The van der Waals surface area contributed by atoms with Crippen molar-refractivity contribution in [2.45, 2.75) is 6.61 Å². The molecule has 0 spiro atoms. The van der Waals surface area contributed by atoms with E-state index >= 15 is 0 Å². The Morgan fingerprint density at radius 3 is 2.33 bits per heavy atom. The van der Waals surface area contributed by atoms with Crippen LogP contribution in [0.15, 0.2) is 84.0 Å². The Bertz CT molecular complexity index is 1220. The zero-order chi connectivity index (χ0) is 25.2. The van der Waals surface area contributed by atoms with Crippen LogP contribution in [0, 0.1) is 0 Å². The van der Waals surface area contributed by atoms with Gasteiger partial charge in [0.15, 0.2) is 0 Å². The first kappa shape index (κ1) is 24.6. The van der Waals surface area contributed by atoms with Gasteiger partial charge in [-0.15, -0.1) is 0 Å². The Morgan fingerprint density at radius 2 is 1.58 bits per heavy atom. The van der Waals surface area contributed by atoms with Crippen LogP contribution in [0.5, 0.6) is 5.75 Å². The van der Waals surface area contributed by atoms with Crippen LogP contribution >= 0.6 is 0 Å². The molecule has 36 heavy (non-hydrogen) atoms. The van der Waals surface area contributed by atoms with Crippen LogP contribution in [0.3, 0.4) is 0 Å². The minimum atomic E-state index is -0.956. The maximum absolute atomic E-state index is 12.8. The Morgan fingerprint density at radius 1 is 0.889 bits per heavy atom. The largest absolute Gasteiger partial charge is 0.489 e. The number of nitrogens with one attached hydrogen (secondary N) is 2. The monoisotopic (exact) mass is 486 g/mol. The number of carbonyl (C=O) groups is 3. The summed E-state index contributed by atoms with van der Waals surface area (Å²) in [6, 6.07) is 23.5. The molecule has 0 radical (unpaired) electrons. The van der Waals surface area contributed by atoms with Crippen LogP contribution in [0.4, 0.5) is 5.69 Å². The number of para-hydroxylation sites is 1. The first-order valence-corrected chi connectivity index (χ1v) is 11.5. The van der Waals surface area contributed by atoms with E-state index < -0.39 is 11.8 Å². The maximum Gasteiger partial charge on any atom is 0.329 e. The number of morpholine rings is 1. The van der Waals surface area contributed by atoms with E-state index in [0.29, 0.717) is 49.8 Å². The van der Waals surface area contributed by atoms with Crippen molar-refractivity contribution in [1.29, 1.82) is 0 Å². The zero-order valence-electron chi connectivity index (χ0n) is 19.6. The molecule has 0 aromatic heterocycles. The number of nitrogens with zero attached hydrogens (tertiary/aromatic N) is 2. The molecule has 1 aliphatic rings. The zero-order valence-corrected chi connectivity index (χ0v) is 19.6. The van der Waals surface area contributed by atoms with Gasteiger partial charge in [-0.1, -0.05) is 42.5 Å². The van der Waals surface area contributed by atoms with Crippen LogP contribution in [0.2, 0.25) is 0 Å². The van der Waals surface area contributed by atoms with E-state index in [1.807, 2.05) is 30.3 Å². The highest BCUT2D eigenvalue weighted by Crippen LogP contribution is 2.18. The highest BCUT2D eigenvalue weighted by molar-refractivity contribution is 6.40. The smallest absolute Gasteiger partial charge is 0.329 e. The van der Waals surface area contributed by atoms with Crippen molar-refractivity contribution in [1.82, 2.24) is 10.3 Å². The second kappa shape index (κ2) is 12.3. The molecular formula is C27H26N4O5. The summed E-state index contributed by atoms with van der Waals surface area (Å²) in [6.45, 7) is 2.32. The third kappa shape index (κ3) is 6.77. The van der Waals surface area contributed by atoms with E-state index in [1.54, 1.807) is 53.4 Å². The van der Waals surface area contributed by atoms with Crippen molar-refractivity contribution in [3.05, 3.63) is 95.6 Å². The highest BCUT2D eigenvalue weighted by Gasteiger charge is 2.22. The van der Waals surface area contributed by atoms with Crippen molar-refractivity contribution in [3.63, 3.8) is 0 Å². The van der Waals surface area contributed by atoms with E-state index in [1.165, 1.54) is 6.21 Å². The van der Waals surface area contributed by atoms with Gasteiger partial charge in [0, 0.05) is 13.1 Å². The number of amides is 3. The molecule has 0 atom stereocenters. The second-order valence-electron chi connectivity index (χ2n) is 7.95. The van der Waals surface area contributed by atoms with Gasteiger partial charge < -0.3 is 19.7 Å². The van der Waals surface area contributed by atoms with Crippen molar-refractivity contribution >= 4 is 29.6 Å². The fraction of sp³-hybridized carbons (Fsp3) is 0.185. The quantitative estimate of drug-likeness (QED) is 0.303. The first-order chi connectivity index (χ1) is 17.6.